The van der Waals surface area contributed by atoms with Crippen LogP contribution in [-0.4, -0.2) is 48.3 Å². The normalized spacial score (nSPS) is 11.6. The van der Waals surface area contributed by atoms with E-state index < -0.39 is 0 Å². The van der Waals surface area contributed by atoms with Crippen LogP contribution in [0.3, 0.4) is 0 Å². The number of aliphatic hydroxyl groups is 1. The van der Waals surface area contributed by atoms with E-state index in [2.05, 4.69) is 38.4 Å². The number of fused-ring (bicyclic) bond motifs is 1. The van der Waals surface area contributed by atoms with Crippen molar-refractivity contribution in [1.29, 1.82) is 0 Å². The van der Waals surface area contributed by atoms with Crippen LogP contribution in [0, 0.1) is 0 Å². The van der Waals surface area contributed by atoms with E-state index in [0.717, 1.165) is 23.1 Å². The monoisotopic (exact) mass is 422 g/mol. The minimum atomic E-state index is -0.110. The third-order valence-electron chi connectivity index (χ3n) is 5.28. The largest absolute Gasteiger partial charge is 0.467 e. The number of tetrazole rings is 1. The number of aromatic nitrogens is 5. The molecule has 0 saturated heterocycles. The Morgan fingerprint density at radius 3 is 2.90 bits per heavy atom. The number of pyridine rings is 1. The van der Waals surface area contributed by atoms with Crippen LogP contribution in [0.4, 0.5) is 0 Å². The fourth-order valence-corrected chi connectivity index (χ4v) is 3.60. The maximum atomic E-state index is 12.7. The molecule has 0 bridgehead atoms. The number of H-pyrrole nitrogens is 1. The molecule has 0 atom stereocenters. The fraction of sp³-hybridized carbons (Fsp3) is 0.364. The summed E-state index contributed by atoms with van der Waals surface area (Å²) in [5.41, 5.74) is 2.61. The molecule has 3 heterocycles. The molecule has 4 rings (SSSR count). The number of hydrogen-bond acceptors (Lipinski definition) is 7. The third kappa shape index (κ3) is 5.07. The van der Waals surface area contributed by atoms with E-state index in [-0.39, 0.29) is 12.2 Å². The van der Waals surface area contributed by atoms with Gasteiger partial charge in [0.15, 0.2) is 5.82 Å². The summed E-state index contributed by atoms with van der Waals surface area (Å²) < 4.78 is 7.08. The van der Waals surface area contributed by atoms with E-state index in [0.29, 0.717) is 44.0 Å². The van der Waals surface area contributed by atoms with Gasteiger partial charge in [0.2, 0.25) is 0 Å². The first-order valence-electron chi connectivity index (χ1n) is 10.4. The molecule has 9 nitrogen and oxygen atoms in total. The summed E-state index contributed by atoms with van der Waals surface area (Å²) in [5.74, 6) is 1.42. The molecule has 31 heavy (non-hydrogen) atoms. The Morgan fingerprint density at radius 1 is 1.23 bits per heavy atom. The van der Waals surface area contributed by atoms with Crippen LogP contribution < -0.4 is 5.56 Å². The predicted octanol–water partition coefficient (Wildman–Crippen LogP) is 2.10. The summed E-state index contributed by atoms with van der Waals surface area (Å²) in [6.07, 6.45) is 3.14. The Bertz CT molecular complexity index is 1180. The predicted molar refractivity (Wildman–Crippen MR) is 115 cm³/mol. The van der Waals surface area contributed by atoms with E-state index in [1.54, 1.807) is 10.9 Å². The molecular weight excluding hydrogens is 396 g/mol. The Morgan fingerprint density at radius 2 is 2.13 bits per heavy atom. The van der Waals surface area contributed by atoms with E-state index >= 15 is 0 Å². The summed E-state index contributed by atoms with van der Waals surface area (Å²) in [7, 11) is 0. The molecule has 1 aromatic carbocycles. The van der Waals surface area contributed by atoms with Gasteiger partial charge in [0.1, 0.15) is 12.3 Å². The van der Waals surface area contributed by atoms with Gasteiger partial charge in [0, 0.05) is 30.8 Å². The van der Waals surface area contributed by atoms with Crippen molar-refractivity contribution in [3.8, 4) is 0 Å². The lowest BCUT2D eigenvalue weighted by molar-refractivity contribution is 0.206. The molecule has 2 N–H and O–H groups in total. The van der Waals surface area contributed by atoms with Crippen molar-refractivity contribution in [2.24, 2.45) is 0 Å². The van der Waals surface area contributed by atoms with Crippen molar-refractivity contribution in [3.63, 3.8) is 0 Å². The molecule has 0 fully saturated rings. The molecule has 4 aromatic rings. The summed E-state index contributed by atoms with van der Waals surface area (Å²) >= 11 is 0. The van der Waals surface area contributed by atoms with Crippen molar-refractivity contribution in [2.45, 2.75) is 39.4 Å². The highest BCUT2D eigenvalue weighted by molar-refractivity contribution is 5.79. The van der Waals surface area contributed by atoms with Gasteiger partial charge in [-0.05, 0) is 64.5 Å². The van der Waals surface area contributed by atoms with Crippen LogP contribution >= 0.6 is 0 Å². The van der Waals surface area contributed by atoms with E-state index in [1.165, 1.54) is 5.56 Å². The Balaban J connectivity index is 1.57. The number of hydrogen-bond donors (Lipinski definition) is 2. The standard InChI is InChI=1S/C22H26N6O3/c1-2-16-6-7-20-17(11-16)12-18(22(30)23-20)13-27(8-4-9-29)15-21-24-25-26-28(21)14-19-5-3-10-31-19/h3,5-7,10-12,29H,2,4,8-9,13-15H2,1H3,(H,23,30). The van der Waals surface area contributed by atoms with Gasteiger partial charge in [0.25, 0.3) is 5.56 Å². The van der Waals surface area contributed by atoms with Gasteiger partial charge in [-0.15, -0.1) is 5.10 Å². The highest BCUT2D eigenvalue weighted by Crippen LogP contribution is 2.16. The second-order valence-electron chi connectivity index (χ2n) is 7.52. The highest BCUT2D eigenvalue weighted by atomic mass is 16.3. The van der Waals surface area contributed by atoms with Crippen molar-refractivity contribution in [2.75, 3.05) is 13.2 Å². The molecule has 0 aliphatic heterocycles. The lowest BCUT2D eigenvalue weighted by Gasteiger charge is -2.21. The van der Waals surface area contributed by atoms with E-state index in [9.17, 15) is 9.90 Å². The minimum absolute atomic E-state index is 0.0712. The highest BCUT2D eigenvalue weighted by Gasteiger charge is 2.16. The topological polar surface area (TPSA) is 113 Å². The van der Waals surface area contributed by atoms with Crippen molar-refractivity contribution in [3.05, 3.63) is 75.7 Å². The molecule has 0 radical (unpaired) electrons. The van der Waals surface area contributed by atoms with Gasteiger partial charge in [-0.25, -0.2) is 4.68 Å². The number of nitrogens with zero attached hydrogens (tertiary/aromatic N) is 5. The Labute approximate surface area is 179 Å². The smallest absolute Gasteiger partial charge is 0.252 e. The van der Waals surface area contributed by atoms with Crippen molar-refractivity contribution >= 4 is 10.9 Å². The van der Waals surface area contributed by atoms with Crippen LogP contribution in [0.2, 0.25) is 0 Å². The van der Waals surface area contributed by atoms with Crippen LogP contribution in [0.25, 0.3) is 10.9 Å². The summed E-state index contributed by atoms with van der Waals surface area (Å²) in [6, 6.07) is 11.7. The molecule has 0 amide bonds. The van der Waals surface area contributed by atoms with Crippen molar-refractivity contribution in [1.82, 2.24) is 30.1 Å². The maximum absolute atomic E-state index is 12.7. The van der Waals surface area contributed by atoms with Gasteiger partial charge >= 0.3 is 0 Å². The zero-order chi connectivity index (χ0) is 21.6. The molecule has 3 aromatic heterocycles. The first-order valence-corrected chi connectivity index (χ1v) is 10.4. The first-order chi connectivity index (χ1) is 15.2. The molecule has 0 unspecified atom stereocenters. The molecule has 0 spiro atoms. The second kappa shape index (κ2) is 9.67. The number of benzene rings is 1. The van der Waals surface area contributed by atoms with Gasteiger partial charge in [-0.3, -0.25) is 9.69 Å². The number of aliphatic hydroxyl groups excluding tert-OH is 1. The summed E-state index contributed by atoms with van der Waals surface area (Å²) in [6.45, 7) is 4.09. The zero-order valence-corrected chi connectivity index (χ0v) is 17.5. The van der Waals surface area contributed by atoms with Gasteiger partial charge in [0.05, 0.1) is 12.8 Å². The third-order valence-corrected chi connectivity index (χ3v) is 5.28. The summed E-state index contributed by atoms with van der Waals surface area (Å²) in [5, 5.41) is 22.4. The lowest BCUT2D eigenvalue weighted by atomic mass is 10.1. The number of furan rings is 1. The van der Waals surface area contributed by atoms with Gasteiger partial charge in [-0.1, -0.05) is 13.0 Å². The van der Waals surface area contributed by atoms with Crippen LogP contribution in [-0.2, 0) is 26.1 Å². The number of rotatable bonds is 10. The fourth-order valence-electron chi connectivity index (χ4n) is 3.60. The van der Waals surface area contributed by atoms with Crippen molar-refractivity contribution < 1.29 is 9.52 Å². The first kappa shape index (κ1) is 21.0. The molecule has 0 aliphatic rings. The average Bonchev–Trinajstić information content (AvgIpc) is 3.45. The van der Waals surface area contributed by atoms with Gasteiger partial charge < -0.3 is 14.5 Å². The maximum Gasteiger partial charge on any atom is 0.252 e. The van der Waals surface area contributed by atoms with Crippen LogP contribution in [0.15, 0.2) is 51.9 Å². The SMILES string of the molecule is CCc1ccc2[nH]c(=O)c(CN(CCCO)Cc3nnnn3Cc3ccco3)cc2c1. The van der Waals surface area contributed by atoms with E-state index in [4.69, 9.17) is 4.42 Å². The zero-order valence-electron chi connectivity index (χ0n) is 17.5. The number of aryl methyl sites for hydroxylation is 1. The van der Waals surface area contributed by atoms with Gasteiger partial charge in [-0.2, -0.15) is 0 Å². The molecule has 0 aliphatic carbocycles. The molecule has 9 heteroatoms. The lowest BCUT2D eigenvalue weighted by Crippen LogP contribution is -2.29. The summed E-state index contributed by atoms with van der Waals surface area (Å²) in [4.78, 5) is 17.7. The number of nitrogens with one attached hydrogen (secondary N) is 1. The molecular formula is C22H26N6O3. The number of aromatic amines is 1. The molecule has 162 valence electrons. The van der Waals surface area contributed by atoms with Crippen LogP contribution in [0.1, 0.15) is 36.1 Å². The second-order valence-corrected chi connectivity index (χ2v) is 7.52. The Kier molecular flexibility index (Phi) is 6.54. The van der Waals surface area contributed by atoms with E-state index in [1.807, 2.05) is 30.3 Å². The van der Waals surface area contributed by atoms with Crippen LogP contribution in [0.5, 0.6) is 0 Å². The average molecular weight is 422 g/mol. The Hall–Kier alpha value is -3.30. The molecule has 0 saturated carbocycles. The quantitative estimate of drug-likeness (QED) is 0.402. The minimum Gasteiger partial charge on any atom is -0.467 e.